The first-order chi connectivity index (χ1) is 21.9. The van der Waals surface area contributed by atoms with E-state index in [1.807, 2.05) is 0 Å². The first kappa shape index (κ1) is 31.0. The monoisotopic (exact) mass is 646 g/mol. The van der Waals surface area contributed by atoms with Gasteiger partial charge in [0.2, 0.25) is 11.8 Å². The predicted molar refractivity (Wildman–Crippen MR) is 166 cm³/mol. The Morgan fingerprint density at radius 1 is 1.04 bits per heavy atom. The maximum atomic E-state index is 15.9. The van der Waals surface area contributed by atoms with Crippen molar-refractivity contribution in [1.82, 2.24) is 23.9 Å². The third kappa shape index (κ3) is 5.88. The molecule has 0 spiro atoms. The number of benzene rings is 1. The molecule has 1 fully saturated rings. The summed E-state index contributed by atoms with van der Waals surface area (Å²) in [5.74, 6) is -0.867. The van der Waals surface area contributed by atoms with Gasteiger partial charge in [0.1, 0.15) is 23.9 Å². The molecule has 0 bridgehead atoms. The van der Waals surface area contributed by atoms with Crippen molar-refractivity contribution in [3.05, 3.63) is 96.1 Å². The van der Waals surface area contributed by atoms with Crippen LogP contribution in [0.25, 0.3) is 11.0 Å². The standard InChI is InChI=1S/C32H31FN6O6S/c1-32(2,3)45-31(41)39(20-12-15-25(44-4)34-16-20)24-14-13-22(29(33)37-24)28(40)23-17-38(46(42,43)21-8-6-5-7-9-21)30-26(23)27(19-10-11-19)35-18-36-30/h5-9,12-19,28,40H,10-11H2,1-4H3. The molecular weight excluding hydrogens is 615 g/mol. The molecular formula is C32H31FN6O6S. The van der Waals surface area contributed by atoms with Crippen LogP contribution in [-0.2, 0) is 14.8 Å². The number of amides is 1. The Bertz CT molecular complexity index is 2030. The molecule has 1 amide bonds. The van der Waals surface area contributed by atoms with Gasteiger partial charge < -0.3 is 14.6 Å². The van der Waals surface area contributed by atoms with Gasteiger partial charge in [-0.25, -0.2) is 42.0 Å². The predicted octanol–water partition coefficient (Wildman–Crippen LogP) is 5.64. The van der Waals surface area contributed by atoms with Crippen molar-refractivity contribution in [1.29, 1.82) is 0 Å². The van der Waals surface area contributed by atoms with Crippen LogP contribution in [0.2, 0.25) is 0 Å². The van der Waals surface area contributed by atoms with Crippen LogP contribution in [-0.4, -0.2) is 56.2 Å². The molecule has 14 heteroatoms. The van der Waals surface area contributed by atoms with Gasteiger partial charge in [0, 0.05) is 34.7 Å². The van der Waals surface area contributed by atoms with Gasteiger partial charge in [-0.05, 0) is 63.9 Å². The van der Waals surface area contributed by atoms with Gasteiger partial charge in [0.25, 0.3) is 10.0 Å². The highest BCUT2D eigenvalue weighted by molar-refractivity contribution is 7.90. The number of ether oxygens (including phenoxy) is 2. The summed E-state index contributed by atoms with van der Waals surface area (Å²) in [6, 6.07) is 13.5. The second-order valence-corrected chi connectivity index (χ2v) is 13.6. The number of hydrogen-bond acceptors (Lipinski definition) is 10. The quantitative estimate of drug-likeness (QED) is 0.210. The van der Waals surface area contributed by atoms with Crippen LogP contribution >= 0.6 is 0 Å². The van der Waals surface area contributed by atoms with Gasteiger partial charge in [-0.15, -0.1) is 0 Å². The molecule has 1 N–H and O–H groups in total. The van der Waals surface area contributed by atoms with E-state index < -0.39 is 33.8 Å². The molecule has 1 aromatic carbocycles. The molecule has 0 aliphatic heterocycles. The number of carbonyl (C=O) groups is 1. The number of hydrogen-bond donors (Lipinski definition) is 1. The van der Waals surface area contributed by atoms with Crippen LogP contribution in [0.15, 0.2) is 78.2 Å². The average Bonchev–Trinajstić information content (AvgIpc) is 3.80. The normalized spacial score (nSPS) is 14.2. The molecule has 12 nitrogen and oxygen atoms in total. The minimum absolute atomic E-state index is 0.0204. The lowest BCUT2D eigenvalue weighted by Gasteiger charge is -2.27. The number of fused-ring (bicyclic) bond motifs is 1. The van der Waals surface area contributed by atoms with Gasteiger partial charge in [0.15, 0.2) is 5.65 Å². The van der Waals surface area contributed by atoms with Crippen LogP contribution < -0.4 is 9.64 Å². The number of nitrogens with zero attached hydrogens (tertiary/aromatic N) is 6. The highest BCUT2D eigenvalue weighted by atomic mass is 32.2. The molecule has 1 aliphatic rings. The van der Waals surface area contributed by atoms with Crippen LogP contribution in [0.4, 0.5) is 20.7 Å². The van der Waals surface area contributed by atoms with E-state index in [0.29, 0.717) is 17.0 Å². The van der Waals surface area contributed by atoms with Crippen molar-refractivity contribution >= 4 is 38.7 Å². The number of pyridine rings is 2. The lowest BCUT2D eigenvalue weighted by molar-refractivity contribution is 0.0598. The SMILES string of the molecule is COc1ccc(N(C(=O)OC(C)(C)C)c2ccc(C(O)c3cn(S(=O)(=O)c4ccccc4)c4ncnc(C5CC5)c34)c(F)n2)cn1. The molecule has 238 valence electrons. The minimum atomic E-state index is -4.14. The van der Waals surface area contributed by atoms with E-state index in [2.05, 4.69) is 19.9 Å². The Morgan fingerprint density at radius 2 is 1.78 bits per heavy atom. The lowest BCUT2D eigenvalue weighted by atomic mass is 10.0. The first-order valence-corrected chi connectivity index (χ1v) is 15.9. The zero-order valence-electron chi connectivity index (χ0n) is 25.5. The van der Waals surface area contributed by atoms with E-state index in [1.54, 1.807) is 45.0 Å². The summed E-state index contributed by atoms with van der Waals surface area (Å²) in [5, 5.41) is 12.0. The van der Waals surface area contributed by atoms with Crippen molar-refractivity contribution in [2.75, 3.05) is 12.0 Å². The number of anilines is 2. The summed E-state index contributed by atoms with van der Waals surface area (Å²) in [6.45, 7) is 5.07. The van der Waals surface area contributed by atoms with E-state index in [0.717, 1.165) is 21.7 Å². The summed E-state index contributed by atoms with van der Waals surface area (Å²) in [7, 11) is -2.69. The van der Waals surface area contributed by atoms with Crippen molar-refractivity contribution in [2.24, 2.45) is 0 Å². The van der Waals surface area contributed by atoms with Gasteiger partial charge in [-0.2, -0.15) is 4.39 Å². The molecule has 6 rings (SSSR count). The lowest BCUT2D eigenvalue weighted by Crippen LogP contribution is -2.34. The largest absolute Gasteiger partial charge is 0.481 e. The first-order valence-electron chi connectivity index (χ1n) is 14.4. The molecule has 46 heavy (non-hydrogen) atoms. The molecule has 1 aliphatic carbocycles. The third-order valence-corrected chi connectivity index (χ3v) is 8.98. The molecule has 5 aromatic rings. The number of methoxy groups -OCH3 is 1. The Labute approximate surface area is 264 Å². The smallest absolute Gasteiger partial charge is 0.420 e. The van der Waals surface area contributed by atoms with Crippen molar-refractivity contribution in [3.63, 3.8) is 0 Å². The van der Waals surface area contributed by atoms with Crippen molar-refractivity contribution in [3.8, 4) is 5.88 Å². The zero-order valence-corrected chi connectivity index (χ0v) is 26.3. The second kappa shape index (κ2) is 11.8. The Kier molecular flexibility index (Phi) is 7.94. The molecule has 0 saturated heterocycles. The fraction of sp³-hybridized carbons (Fsp3) is 0.281. The third-order valence-electron chi connectivity index (χ3n) is 7.32. The number of carbonyl (C=O) groups excluding carboxylic acids is 1. The fourth-order valence-corrected chi connectivity index (χ4v) is 6.39. The van der Waals surface area contributed by atoms with Gasteiger partial charge in [0.05, 0.1) is 29.6 Å². The number of aliphatic hydroxyl groups is 1. The van der Waals surface area contributed by atoms with E-state index >= 15 is 4.39 Å². The Hall–Kier alpha value is -4.95. The molecule has 4 heterocycles. The zero-order chi connectivity index (χ0) is 32.8. The average molecular weight is 647 g/mol. The van der Waals surface area contributed by atoms with Crippen LogP contribution in [0.5, 0.6) is 5.88 Å². The van der Waals surface area contributed by atoms with Crippen LogP contribution in [0.3, 0.4) is 0 Å². The number of aliphatic hydroxyl groups excluding tert-OH is 1. The van der Waals surface area contributed by atoms with Gasteiger partial charge in [-0.3, -0.25) is 0 Å². The van der Waals surface area contributed by atoms with Crippen LogP contribution in [0, 0.1) is 5.95 Å². The number of rotatable bonds is 8. The van der Waals surface area contributed by atoms with E-state index in [1.165, 1.54) is 56.2 Å². The molecule has 1 saturated carbocycles. The summed E-state index contributed by atoms with van der Waals surface area (Å²) in [4.78, 5) is 31.2. The van der Waals surface area contributed by atoms with Gasteiger partial charge in [-0.1, -0.05) is 18.2 Å². The maximum absolute atomic E-state index is 15.9. The fourth-order valence-electron chi connectivity index (χ4n) is 5.04. The highest BCUT2D eigenvalue weighted by Gasteiger charge is 2.34. The number of aromatic nitrogens is 5. The molecule has 1 unspecified atom stereocenters. The van der Waals surface area contributed by atoms with Gasteiger partial charge >= 0.3 is 6.09 Å². The number of halogens is 1. The molecule has 0 radical (unpaired) electrons. The summed E-state index contributed by atoms with van der Waals surface area (Å²) in [6.07, 6.45) is 3.08. The summed E-state index contributed by atoms with van der Waals surface area (Å²) < 4.78 is 55.0. The van der Waals surface area contributed by atoms with Crippen LogP contribution in [0.1, 0.15) is 62.5 Å². The topological polar surface area (TPSA) is 150 Å². The molecule has 1 atom stereocenters. The Balaban J connectivity index is 1.45. The molecule has 4 aromatic heterocycles. The van der Waals surface area contributed by atoms with E-state index in [9.17, 15) is 18.3 Å². The van der Waals surface area contributed by atoms with E-state index in [-0.39, 0.29) is 39.1 Å². The highest BCUT2D eigenvalue weighted by Crippen LogP contribution is 2.45. The second-order valence-electron chi connectivity index (χ2n) is 11.8. The van der Waals surface area contributed by atoms with E-state index in [4.69, 9.17) is 9.47 Å². The summed E-state index contributed by atoms with van der Waals surface area (Å²) in [5.41, 5.74) is -0.136. The minimum Gasteiger partial charge on any atom is -0.481 e. The van der Waals surface area contributed by atoms with Crippen molar-refractivity contribution in [2.45, 2.75) is 56.1 Å². The maximum Gasteiger partial charge on any atom is 0.420 e. The Morgan fingerprint density at radius 3 is 2.39 bits per heavy atom. The summed E-state index contributed by atoms with van der Waals surface area (Å²) >= 11 is 0. The van der Waals surface area contributed by atoms with Crippen molar-refractivity contribution < 1.29 is 32.2 Å².